The molecule has 1 atom stereocenters. The van der Waals surface area contributed by atoms with Crippen LogP contribution in [0.25, 0.3) is 11.1 Å². The molecule has 0 bridgehead atoms. The van der Waals surface area contributed by atoms with Crippen LogP contribution in [-0.2, 0) is 18.8 Å². The van der Waals surface area contributed by atoms with Gasteiger partial charge in [0.25, 0.3) is 5.56 Å². The van der Waals surface area contributed by atoms with Gasteiger partial charge in [-0.2, -0.15) is 26.3 Å². The number of pyridine rings is 1. The number of nitrogens with zero attached hydrogens (tertiary/aromatic N) is 1. The number of aromatic nitrogens is 1. The Kier molecular flexibility index (Phi) is 8.12. The predicted octanol–water partition coefficient (Wildman–Crippen LogP) is 8.27. The number of Topliss-reactive ketones (excluding diaryl/α,β-unsaturated/α-hetero) is 1. The molecule has 5 rings (SSSR count). The number of benzene rings is 3. The SMILES string of the molecule is COc1cccc(-c2c(C)c(Cc3c(F)cccc3C(F)(F)F)c3n(c2=O)C(C(=O)c2cccc(C(F)(F)F)c2)CS3)c1F. The summed E-state index contributed by atoms with van der Waals surface area (Å²) in [4.78, 5) is 27.7. The third kappa shape index (κ3) is 5.49. The molecule has 1 unspecified atom stereocenters. The second kappa shape index (κ2) is 11.4. The standard InChI is InChI=1S/C31H21F8NO3S/c1-15-19(13-20-21(31(37,38)39)9-5-10-22(20)32)29-40(28(42)25(15)18-8-4-11-24(43-2)26(18)33)23(14-44-29)27(41)16-6-3-7-17(12-16)30(34,35)36/h3-12,23H,13-14H2,1-2H3. The summed E-state index contributed by atoms with van der Waals surface area (Å²) in [5.74, 6) is -3.40. The van der Waals surface area contributed by atoms with E-state index in [2.05, 4.69) is 0 Å². The van der Waals surface area contributed by atoms with Crippen LogP contribution in [0.2, 0.25) is 0 Å². The van der Waals surface area contributed by atoms with Gasteiger partial charge in [-0.05, 0) is 48.4 Å². The van der Waals surface area contributed by atoms with Crippen molar-refractivity contribution < 1.29 is 44.7 Å². The normalized spacial score (nSPS) is 14.9. The van der Waals surface area contributed by atoms with Gasteiger partial charge < -0.3 is 4.74 Å². The van der Waals surface area contributed by atoms with Crippen LogP contribution in [0.3, 0.4) is 0 Å². The fourth-order valence-corrected chi connectivity index (χ4v) is 6.67. The number of fused-ring (bicyclic) bond motifs is 1. The molecule has 0 saturated heterocycles. The first-order chi connectivity index (χ1) is 20.6. The van der Waals surface area contributed by atoms with E-state index in [1.165, 1.54) is 32.2 Å². The molecule has 0 amide bonds. The Morgan fingerprint density at radius 3 is 2.30 bits per heavy atom. The fraction of sp³-hybridized carbons (Fsp3) is 0.226. The molecule has 0 saturated carbocycles. The molecule has 0 radical (unpaired) electrons. The van der Waals surface area contributed by atoms with Crippen molar-refractivity contribution in [1.82, 2.24) is 4.57 Å². The molecule has 3 aromatic carbocycles. The largest absolute Gasteiger partial charge is 0.494 e. The number of methoxy groups -OCH3 is 1. The van der Waals surface area contributed by atoms with Gasteiger partial charge >= 0.3 is 12.4 Å². The number of halogens is 8. The molecular weight excluding hydrogens is 618 g/mol. The second-order valence-corrected chi connectivity index (χ2v) is 11.0. The molecule has 44 heavy (non-hydrogen) atoms. The number of thioether (sulfide) groups is 1. The van der Waals surface area contributed by atoms with E-state index in [-0.39, 0.29) is 44.3 Å². The van der Waals surface area contributed by atoms with Crippen molar-refractivity contribution in [3.8, 4) is 16.9 Å². The van der Waals surface area contributed by atoms with E-state index < -0.39 is 64.5 Å². The molecule has 13 heteroatoms. The van der Waals surface area contributed by atoms with Crippen LogP contribution in [0, 0.1) is 18.6 Å². The number of hydrogen-bond donors (Lipinski definition) is 0. The Bertz CT molecular complexity index is 1850. The van der Waals surface area contributed by atoms with Crippen LogP contribution in [0.4, 0.5) is 35.1 Å². The Balaban J connectivity index is 1.77. The topological polar surface area (TPSA) is 48.3 Å². The smallest absolute Gasteiger partial charge is 0.416 e. The van der Waals surface area contributed by atoms with Gasteiger partial charge in [0.05, 0.1) is 28.8 Å². The summed E-state index contributed by atoms with van der Waals surface area (Å²) in [6.45, 7) is 1.38. The third-order valence-corrected chi connectivity index (χ3v) is 8.63. The molecule has 1 aliphatic heterocycles. The van der Waals surface area contributed by atoms with Crippen molar-refractivity contribution in [3.05, 3.63) is 116 Å². The molecule has 0 fully saturated rings. The summed E-state index contributed by atoms with van der Waals surface area (Å²) >= 11 is 0.916. The van der Waals surface area contributed by atoms with Crippen molar-refractivity contribution in [1.29, 1.82) is 0 Å². The summed E-state index contributed by atoms with van der Waals surface area (Å²) in [7, 11) is 1.19. The lowest BCUT2D eigenvalue weighted by Gasteiger charge is -2.22. The number of ketones is 1. The molecule has 1 aliphatic rings. The number of alkyl halides is 6. The lowest BCUT2D eigenvalue weighted by atomic mass is 9.92. The molecular formula is C31H21F8NO3S. The van der Waals surface area contributed by atoms with E-state index in [0.29, 0.717) is 12.1 Å². The Hall–Kier alpha value is -4.13. The summed E-state index contributed by atoms with van der Waals surface area (Å²) in [6, 6.07) is 8.59. The molecule has 2 heterocycles. The first kappa shape index (κ1) is 31.3. The van der Waals surface area contributed by atoms with E-state index in [9.17, 15) is 40.3 Å². The first-order valence-corrected chi connectivity index (χ1v) is 13.9. The minimum Gasteiger partial charge on any atom is -0.494 e. The monoisotopic (exact) mass is 639 g/mol. The van der Waals surface area contributed by atoms with Gasteiger partial charge in [-0.3, -0.25) is 14.2 Å². The van der Waals surface area contributed by atoms with Gasteiger partial charge in [0.2, 0.25) is 0 Å². The fourth-order valence-electron chi connectivity index (χ4n) is 5.30. The lowest BCUT2D eigenvalue weighted by Crippen LogP contribution is -2.32. The van der Waals surface area contributed by atoms with Crippen LogP contribution in [0.15, 0.2) is 70.5 Å². The molecule has 0 N–H and O–H groups in total. The summed E-state index contributed by atoms with van der Waals surface area (Å²) in [5, 5.41) is 0.0289. The maximum Gasteiger partial charge on any atom is 0.416 e. The average Bonchev–Trinajstić information content (AvgIpc) is 3.41. The number of ether oxygens (including phenoxy) is 1. The zero-order chi connectivity index (χ0) is 32.1. The van der Waals surface area contributed by atoms with E-state index in [4.69, 9.17) is 4.74 Å². The molecule has 230 valence electrons. The van der Waals surface area contributed by atoms with Crippen LogP contribution in [-0.4, -0.2) is 23.2 Å². The van der Waals surface area contributed by atoms with Gasteiger partial charge in [0.1, 0.15) is 11.9 Å². The van der Waals surface area contributed by atoms with Crippen LogP contribution in [0.5, 0.6) is 5.75 Å². The minimum absolute atomic E-state index is 0.0289. The highest BCUT2D eigenvalue weighted by atomic mass is 32.2. The summed E-state index contributed by atoms with van der Waals surface area (Å²) in [5.41, 5.74) is -4.84. The summed E-state index contributed by atoms with van der Waals surface area (Å²) < 4.78 is 118. The van der Waals surface area contributed by atoms with Crippen molar-refractivity contribution in [2.45, 2.75) is 36.8 Å². The zero-order valence-electron chi connectivity index (χ0n) is 22.9. The molecule has 4 aromatic rings. The van der Waals surface area contributed by atoms with Crippen molar-refractivity contribution >= 4 is 17.5 Å². The number of carbonyl (C=O) groups excluding carboxylic acids is 1. The number of rotatable bonds is 6. The minimum atomic E-state index is -4.93. The van der Waals surface area contributed by atoms with Crippen molar-refractivity contribution in [3.63, 3.8) is 0 Å². The quantitative estimate of drug-likeness (QED) is 0.158. The highest BCUT2D eigenvalue weighted by molar-refractivity contribution is 7.99. The maximum absolute atomic E-state index is 15.5. The van der Waals surface area contributed by atoms with E-state index in [1.54, 1.807) is 0 Å². The van der Waals surface area contributed by atoms with Crippen LogP contribution < -0.4 is 10.3 Å². The number of carbonyl (C=O) groups is 1. The van der Waals surface area contributed by atoms with Gasteiger partial charge in [0, 0.05) is 28.9 Å². The Morgan fingerprint density at radius 2 is 1.64 bits per heavy atom. The average molecular weight is 640 g/mol. The van der Waals surface area contributed by atoms with Gasteiger partial charge in [-0.1, -0.05) is 30.3 Å². The molecule has 0 aliphatic carbocycles. The van der Waals surface area contributed by atoms with Crippen molar-refractivity contribution in [2.24, 2.45) is 0 Å². The first-order valence-electron chi connectivity index (χ1n) is 12.9. The Labute approximate surface area is 249 Å². The van der Waals surface area contributed by atoms with Gasteiger partial charge in [0.15, 0.2) is 17.3 Å². The molecule has 0 spiro atoms. The van der Waals surface area contributed by atoms with Gasteiger partial charge in [-0.25, -0.2) is 8.78 Å². The predicted molar refractivity (Wildman–Crippen MR) is 147 cm³/mol. The Morgan fingerprint density at radius 1 is 0.955 bits per heavy atom. The van der Waals surface area contributed by atoms with E-state index >= 15 is 4.39 Å². The zero-order valence-corrected chi connectivity index (χ0v) is 23.7. The maximum atomic E-state index is 15.5. The van der Waals surface area contributed by atoms with E-state index in [0.717, 1.165) is 46.7 Å². The lowest BCUT2D eigenvalue weighted by molar-refractivity contribution is -0.138. The highest BCUT2D eigenvalue weighted by Gasteiger charge is 2.39. The van der Waals surface area contributed by atoms with Crippen LogP contribution >= 0.6 is 11.8 Å². The van der Waals surface area contributed by atoms with Crippen molar-refractivity contribution in [2.75, 3.05) is 12.9 Å². The van der Waals surface area contributed by atoms with Crippen LogP contribution in [0.1, 0.15) is 44.2 Å². The summed E-state index contributed by atoms with van der Waals surface area (Å²) in [6.07, 6.45) is -10.4. The second-order valence-electron chi connectivity index (χ2n) is 9.99. The third-order valence-electron chi connectivity index (χ3n) is 7.43. The van der Waals surface area contributed by atoms with Gasteiger partial charge in [-0.15, -0.1) is 11.8 Å². The van der Waals surface area contributed by atoms with E-state index in [1.807, 2.05) is 0 Å². The number of hydrogen-bond acceptors (Lipinski definition) is 4. The molecule has 1 aromatic heterocycles. The highest BCUT2D eigenvalue weighted by Crippen LogP contribution is 2.43. The molecule has 4 nitrogen and oxygen atoms in total.